The monoisotopic (exact) mass is 518 g/mol. The molecule has 0 fully saturated rings. The van der Waals surface area contributed by atoms with E-state index in [0.717, 1.165) is 11.1 Å². The van der Waals surface area contributed by atoms with Crippen molar-refractivity contribution in [3.63, 3.8) is 0 Å². The Labute approximate surface area is 218 Å². The maximum Gasteiger partial charge on any atom is 0.371 e. The number of benzene rings is 2. The van der Waals surface area contributed by atoms with Gasteiger partial charge in [0, 0.05) is 0 Å². The van der Waals surface area contributed by atoms with Crippen LogP contribution in [0.4, 0.5) is 0 Å². The van der Waals surface area contributed by atoms with Gasteiger partial charge in [-0.1, -0.05) is 88.4 Å². The summed E-state index contributed by atoms with van der Waals surface area (Å²) in [5.74, 6) is -1.20. The van der Waals surface area contributed by atoms with Crippen LogP contribution in [0.5, 0.6) is 0 Å². The van der Waals surface area contributed by atoms with Crippen LogP contribution < -0.4 is 0 Å². The summed E-state index contributed by atoms with van der Waals surface area (Å²) in [6.45, 7) is 10.7. The Balaban J connectivity index is 1.72. The normalized spacial score (nSPS) is 14.7. The van der Waals surface area contributed by atoms with Crippen molar-refractivity contribution in [1.82, 2.24) is 0 Å². The molecule has 0 saturated heterocycles. The molecule has 9 heteroatoms. The minimum Gasteiger partial charge on any atom is -0.358 e. The second-order valence-corrected chi connectivity index (χ2v) is 10.1. The molecule has 2 aromatic carbocycles. The maximum atomic E-state index is 11.9. The van der Waals surface area contributed by atoms with E-state index in [4.69, 9.17) is 24.6 Å². The van der Waals surface area contributed by atoms with Gasteiger partial charge in [-0.25, -0.2) is 9.59 Å². The van der Waals surface area contributed by atoms with E-state index in [1.165, 1.54) is 0 Å². The van der Waals surface area contributed by atoms with Crippen LogP contribution in [0.1, 0.15) is 65.5 Å². The Morgan fingerprint density at radius 2 is 1.00 bits per heavy atom. The van der Waals surface area contributed by atoms with E-state index in [1.807, 2.05) is 102 Å². The number of rotatable bonds is 16. The zero-order valence-corrected chi connectivity index (χ0v) is 22.4. The van der Waals surface area contributed by atoms with Crippen LogP contribution in [0.25, 0.3) is 0 Å². The van der Waals surface area contributed by atoms with E-state index in [0.29, 0.717) is 24.7 Å². The summed E-state index contributed by atoms with van der Waals surface area (Å²) in [6, 6.07) is 18.9. The molecule has 0 aliphatic carbocycles. The Morgan fingerprint density at radius 3 is 1.32 bits per heavy atom. The fourth-order valence-electron chi connectivity index (χ4n) is 4.07. The zero-order chi connectivity index (χ0) is 27.3. The predicted molar refractivity (Wildman–Crippen MR) is 134 cm³/mol. The molecule has 2 unspecified atom stereocenters. The second-order valence-electron chi connectivity index (χ2n) is 10.1. The van der Waals surface area contributed by atoms with Gasteiger partial charge in [0.05, 0.1) is 0 Å². The first-order chi connectivity index (χ1) is 17.5. The summed E-state index contributed by atoms with van der Waals surface area (Å²) in [6.07, 6.45) is 1.25. The minimum atomic E-state index is -0.890. The molecule has 2 atom stereocenters. The van der Waals surface area contributed by atoms with Crippen molar-refractivity contribution in [2.75, 3.05) is 13.2 Å². The number of carbonyl (C=O) groups excluding carboxylic acids is 2. The van der Waals surface area contributed by atoms with Crippen LogP contribution in [0.15, 0.2) is 60.7 Å². The van der Waals surface area contributed by atoms with Gasteiger partial charge in [-0.05, 0) is 59.7 Å². The number of carbonyl (C=O) groups is 2. The SMILES string of the molecule is CC(C)CC(C)(OOOC(=O)COCC(=O)OOOC(C)(CC(C)C)c1ccccc1)c1ccccc1. The highest BCUT2D eigenvalue weighted by Gasteiger charge is 2.32. The lowest BCUT2D eigenvalue weighted by Crippen LogP contribution is -2.29. The molecule has 9 nitrogen and oxygen atoms in total. The van der Waals surface area contributed by atoms with Crippen molar-refractivity contribution >= 4 is 11.9 Å². The number of hydrogen-bond donors (Lipinski definition) is 0. The summed E-state index contributed by atoms with van der Waals surface area (Å²) >= 11 is 0. The third-order valence-corrected chi connectivity index (χ3v) is 5.49. The molecule has 0 radical (unpaired) electrons. The van der Waals surface area contributed by atoms with Crippen molar-refractivity contribution in [2.24, 2.45) is 11.8 Å². The first-order valence-electron chi connectivity index (χ1n) is 12.3. The van der Waals surface area contributed by atoms with Gasteiger partial charge in [0.15, 0.2) is 0 Å². The molecule has 37 heavy (non-hydrogen) atoms. The fourth-order valence-corrected chi connectivity index (χ4v) is 4.07. The van der Waals surface area contributed by atoms with Crippen molar-refractivity contribution < 1.29 is 44.0 Å². The predicted octanol–water partition coefficient (Wildman–Crippen LogP) is 5.74. The van der Waals surface area contributed by atoms with E-state index in [2.05, 4.69) is 9.78 Å². The topological polar surface area (TPSA) is 98.8 Å². The molecule has 0 amide bonds. The molecule has 0 N–H and O–H groups in total. The van der Waals surface area contributed by atoms with Crippen LogP contribution in [-0.2, 0) is 55.2 Å². The highest BCUT2D eigenvalue weighted by atomic mass is 17.5. The van der Waals surface area contributed by atoms with E-state index in [9.17, 15) is 9.59 Å². The van der Waals surface area contributed by atoms with Crippen molar-refractivity contribution in [3.05, 3.63) is 71.8 Å². The van der Waals surface area contributed by atoms with E-state index >= 15 is 0 Å². The Bertz CT molecular complexity index is 871. The first-order valence-corrected chi connectivity index (χ1v) is 12.3. The maximum absolute atomic E-state index is 11.9. The lowest BCUT2D eigenvalue weighted by Gasteiger charge is -2.29. The molecule has 0 bridgehead atoms. The molecule has 0 spiro atoms. The van der Waals surface area contributed by atoms with Crippen LogP contribution in [-0.4, -0.2) is 25.2 Å². The van der Waals surface area contributed by atoms with Crippen molar-refractivity contribution in [3.8, 4) is 0 Å². The Kier molecular flexibility index (Phi) is 12.2. The molecule has 2 rings (SSSR count). The summed E-state index contributed by atoms with van der Waals surface area (Å²) in [5, 5.41) is 9.52. The van der Waals surface area contributed by atoms with Gasteiger partial charge in [-0.15, -0.1) is 0 Å². The number of ether oxygens (including phenoxy) is 1. The van der Waals surface area contributed by atoms with Gasteiger partial charge >= 0.3 is 11.9 Å². The van der Waals surface area contributed by atoms with Crippen LogP contribution in [0, 0.1) is 11.8 Å². The highest BCUT2D eigenvalue weighted by molar-refractivity contribution is 5.72. The van der Waals surface area contributed by atoms with E-state index in [1.54, 1.807) is 0 Å². The van der Waals surface area contributed by atoms with Gasteiger partial charge in [0.2, 0.25) is 0 Å². The minimum absolute atomic E-state index is 0.293. The highest BCUT2D eigenvalue weighted by Crippen LogP contribution is 2.33. The Morgan fingerprint density at radius 1 is 0.649 bits per heavy atom. The summed E-state index contributed by atoms with van der Waals surface area (Å²) in [4.78, 5) is 44.0. The standard InChI is InChI=1S/C28H38O9/c1-21(2)17-27(5,23-13-9-7-10-14-23)34-36-32-25(29)19-31-20-26(30)33-37-35-28(6,18-22(3)4)24-15-11-8-12-16-24/h7-16,21-22H,17-20H2,1-6H3. The van der Waals surface area contributed by atoms with Gasteiger partial charge in [-0.2, -0.15) is 9.78 Å². The lowest BCUT2D eigenvalue weighted by molar-refractivity contribution is -0.525. The van der Waals surface area contributed by atoms with E-state index < -0.39 is 36.4 Å². The van der Waals surface area contributed by atoms with Crippen molar-refractivity contribution in [2.45, 2.75) is 65.6 Å². The molecule has 0 heterocycles. The van der Waals surface area contributed by atoms with Gasteiger partial charge in [0.25, 0.3) is 0 Å². The smallest absolute Gasteiger partial charge is 0.358 e. The molecule has 0 aliphatic rings. The molecular weight excluding hydrogens is 480 g/mol. The largest absolute Gasteiger partial charge is 0.371 e. The second kappa shape index (κ2) is 14.8. The molecule has 204 valence electrons. The first kappa shape index (κ1) is 30.4. The third kappa shape index (κ3) is 10.6. The quantitative estimate of drug-likeness (QED) is 0.203. The van der Waals surface area contributed by atoms with Gasteiger partial charge in [-0.3, -0.25) is 9.78 Å². The van der Waals surface area contributed by atoms with Crippen LogP contribution >= 0.6 is 0 Å². The zero-order valence-electron chi connectivity index (χ0n) is 22.4. The average molecular weight is 519 g/mol. The van der Waals surface area contributed by atoms with Crippen LogP contribution in [0.2, 0.25) is 0 Å². The van der Waals surface area contributed by atoms with E-state index in [-0.39, 0.29) is 0 Å². The summed E-state index contributed by atoms with van der Waals surface area (Å²) in [5.41, 5.74) is 0.0821. The van der Waals surface area contributed by atoms with Gasteiger partial charge in [0.1, 0.15) is 24.4 Å². The summed E-state index contributed by atoms with van der Waals surface area (Å²) < 4.78 is 5.00. The van der Waals surface area contributed by atoms with Gasteiger partial charge < -0.3 is 4.74 Å². The molecule has 2 aromatic rings. The molecule has 0 aliphatic heterocycles. The van der Waals surface area contributed by atoms with Crippen LogP contribution in [0.3, 0.4) is 0 Å². The van der Waals surface area contributed by atoms with Crippen molar-refractivity contribution in [1.29, 1.82) is 0 Å². The molecular formula is C28H38O9. The Hall–Kier alpha value is -2.82. The molecule has 0 saturated carbocycles. The third-order valence-electron chi connectivity index (χ3n) is 5.49. The number of hydrogen-bond acceptors (Lipinski definition) is 9. The molecule has 0 aromatic heterocycles. The average Bonchev–Trinajstić information content (AvgIpc) is 2.84. The fraction of sp³-hybridized carbons (Fsp3) is 0.500. The lowest BCUT2D eigenvalue weighted by atomic mass is 9.87. The summed E-state index contributed by atoms with van der Waals surface area (Å²) in [7, 11) is 0.